The largest absolute Gasteiger partial charge is 0.480 e. The van der Waals surface area contributed by atoms with Gasteiger partial charge in [0, 0.05) is 0 Å². The Hall–Kier alpha value is -1.88. The Morgan fingerprint density at radius 2 is 1.81 bits per heavy atom. The minimum Gasteiger partial charge on any atom is -0.480 e. The summed E-state index contributed by atoms with van der Waals surface area (Å²) in [5.41, 5.74) is 5.56. The van der Waals surface area contributed by atoms with Crippen molar-refractivity contribution >= 4 is 11.9 Å². The van der Waals surface area contributed by atoms with E-state index in [1.165, 1.54) is 7.11 Å². The standard InChI is InChI=1S/C9H10O2.C2H5NO2/c1-11-9(10)7-8-5-3-2-4-6-8;3-1-2(4)5/h2-6H,7H2,1H3;1,3H2,(H,4,5). The smallest absolute Gasteiger partial charge is 0.317 e. The number of carboxylic acid groups (broad SMARTS) is 1. The molecule has 0 bridgehead atoms. The number of methoxy groups -OCH3 is 1. The third-order valence-corrected chi connectivity index (χ3v) is 1.59. The van der Waals surface area contributed by atoms with E-state index in [0.29, 0.717) is 6.42 Å². The van der Waals surface area contributed by atoms with E-state index in [2.05, 4.69) is 10.5 Å². The second kappa shape index (κ2) is 8.43. The first-order chi connectivity index (χ1) is 7.60. The van der Waals surface area contributed by atoms with Crippen molar-refractivity contribution < 1.29 is 19.4 Å². The van der Waals surface area contributed by atoms with Crippen LogP contribution in [0.4, 0.5) is 0 Å². The van der Waals surface area contributed by atoms with Crippen LogP contribution < -0.4 is 5.73 Å². The average Bonchev–Trinajstić information content (AvgIpc) is 2.31. The second-order valence-corrected chi connectivity index (χ2v) is 2.84. The molecule has 1 rings (SSSR count). The third kappa shape index (κ3) is 7.52. The molecule has 0 saturated heterocycles. The second-order valence-electron chi connectivity index (χ2n) is 2.84. The molecule has 3 N–H and O–H groups in total. The maximum absolute atomic E-state index is 10.8. The molecule has 5 nitrogen and oxygen atoms in total. The summed E-state index contributed by atoms with van der Waals surface area (Å²) in [6, 6.07) is 9.52. The van der Waals surface area contributed by atoms with Crippen molar-refractivity contribution in [2.45, 2.75) is 6.42 Å². The Morgan fingerprint density at radius 3 is 2.19 bits per heavy atom. The van der Waals surface area contributed by atoms with Crippen LogP contribution in [0.5, 0.6) is 0 Å². The molecular weight excluding hydrogens is 210 g/mol. The van der Waals surface area contributed by atoms with Crippen molar-refractivity contribution in [3.63, 3.8) is 0 Å². The molecular formula is C11H15NO4. The lowest BCUT2D eigenvalue weighted by molar-refractivity contribution is -0.140. The molecule has 0 spiro atoms. The highest BCUT2D eigenvalue weighted by molar-refractivity contribution is 5.72. The van der Waals surface area contributed by atoms with Crippen LogP contribution >= 0.6 is 0 Å². The molecule has 0 fully saturated rings. The number of carbonyl (C=O) groups excluding carboxylic acids is 1. The molecule has 0 amide bonds. The van der Waals surface area contributed by atoms with Gasteiger partial charge in [0.05, 0.1) is 20.1 Å². The summed E-state index contributed by atoms with van der Waals surface area (Å²) in [7, 11) is 1.39. The van der Waals surface area contributed by atoms with Gasteiger partial charge in [-0.2, -0.15) is 0 Å². The predicted octanol–water partition coefficient (Wildman–Crippen LogP) is 0.432. The van der Waals surface area contributed by atoms with Gasteiger partial charge < -0.3 is 15.6 Å². The van der Waals surface area contributed by atoms with Crippen LogP contribution in [0.1, 0.15) is 5.56 Å². The van der Waals surface area contributed by atoms with Crippen molar-refractivity contribution in [3.05, 3.63) is 35.9 Å². The number of esters is 1. The molecule has 0 aliphatic rings. The number of hydrogen-bond acceptors (Lipinski definition) is 4. The molecule has 0 radical (unpaired) electrons. The summed E-state index contributed by atoms with van der Waals surface area (Å²) in [6.45, 7) is -0.278. The number of hydrogen-bond donors (Lipinski definition) is 2. The van der Waals surface area contributed by atoms with E-state index in [0.717, 1.165) is 5.56 Å². The summed E-state index contributed by atoms with van der Waals surface area (Å²) >= 11 is 0. The maximum atomic E-state index is 10.8. The fourth-order valence-electron chi connectivity index (χ4n) is 0.835. The Kier molecular flexibility index (Phi) is 7.44. The molecule has 0 unspecified atom stereocenters. The van der Waals surface area contributed by atoms with Crippen molar-refractivity contribution in [1.82, 2.24) is 0 Å². The summed E-state index contributed by atoms with van der Waals surface area (Å²) < 4.78 is 4.52. The highest BCUT2D eigenvalue weighted by Crippen LogP contribution is 1.99. The topological polar surface area (TPSA) is 89.6 Å². The lowest BCUT2D eigenvalue weighted by Crippen LogP contribution is -2.10. The van der Waals surface area contributed by atoms with Gasteiger partial charge >= 0.3 is 11.9 Å². The van der Waals surface area contributed by atoms with Gasteiger partial charge in [0.15, 0.2) is 0 Å². The van der Waals surface area contributed by atoms with E-state index >= 15 is 0 Å². The summed E-state index contributed by atoms with van der Waals surface area (Å²) in [5.74, 6) is -1.17. The van der Waals surface area contributed by atoms with E-state index < -0.39 is 5.97 Å². The highest BCUT2D eigenvalue weighted by atomic mass is 16.5. The van der Waals surface area contributed by atoms with Gasteiger partial charge in [-0.15, -0.1) is 0 Å². The van der Waals surface area contributed by atoms with Crippen molar-refractivity contribution in [1.29, 1.82) is 0 Å². The fourth-order valence-corrected chi connectivity index (χ4v) is 0.835. The van der Waals surface area contributed by atoms with Gasteiger partial charge in [-0.3, -0.25) is 9.59 Å². The van der Waals surface area contributed by atoms with Gasteiger partial charge in [-0.1, -0.05) is 30.3 Å². The van der Waals surface area contributed by atoms with Crippen LogP contribution in [0.15, 0.2) is 30.3 Å². The minimum atomic E-state index is -0.968. The Morgan fingerprint density at radius 1 is 1.31 bits per heavy atom. The van der Waals surface area contributed by atoms with Crippen LogP contribution in [0.3, 0.4) is 0 Å². The van der Waals surface area contributed by atoms with E-state index in [1.807, 2.05) is 30.3 Å². The van der Waals surface area contributed by atoms with Crippen LogP contribution in [-0.4, -0.2) is 30.7 Å². The van der Waals surface area contributed by atoms with Gasteiger partial charge in [0.2, 0.25) is 0 Å². The SMILES string of the molecule is COC(=O)Cc1ccccc1.NCC(=O)O. The lowest BCUT2D eigenvalue weighted by atomic mass is 10.2. The Bertz CT molecular complexity index is 324. The monoisotopic (exact) mass is 225 g/mol. The fraction of sp³-hybridized carbons (Fsp3) is 0.273. The molecule has 0 heterocycles. The van der Waals surface area contributed by atoms with Crippen LogP contribution in [0, 0.1) is 0 Å². The molecule has 0 aromatic heterocycles. The number of ether oxygens (including phenoxy) is 1. The first kappa shape index (κ1) is 14.1. The molecule has 1 aromatic carbocycles. The van der Waals surface area contributed by atoms with Crippen molar-refractivity contribution in [2.24, 2.45) is 5.73 Å². The predicted molar refractivity (Wildman–Crippen MR) is 58.9 cm³/mol. The van der Waals surface area contributed by atoms with E-state index in [1.54, 1.807) is 0 Å². The van der Waals surface area contributed by atoms with Gasteiger partial charge in [-0.05, 0) is 5.56 Å². The molecule has 1 aromatic rings. The summed E-state index contributed by atoms with van der Waals surface area (Å²) in [5, 5.41) is 7.60. The average molecular weight is 225 g/mol. The first-order valence-electron chi connectivity index (χ1n) is 4.62. The van der Waals surface area contributed by atoms with E-state index in [4.69, 9.17) is 5.11 Å². The van der Waals surface area contributed by atoms with Gasteiger partial charge in [0.1, 0.15) is 0 Å². The van der Waals surface area contributed by atoms with Crippen LogP contribution in [0.2, 0.25) is 0 Å². The number of carbonyl (C=O) groups is 2. The van der Waals surface area contributed by atoms with Crippen LogP contribution in [-0.2, 0) is 20.7 Å². The molecule has 0 saturated carbocycles. The molecule has 88 valence electrons. The van der Waals surface area contributed by atoms with Gasteiger partial charge in [-0.25, -0.2) is 0 Å². The first-order valence-corrected chi connectivity index (χ1v) is 4.62. The maximum Gasteiger partial charge on any atom is 0.317 e. The quantitative estimate of drug-likeness (QED) is 0.728. The number of carboxylic acids is 1. The van der Waals surface area contributed by atoms with Crippen molar-refractivity contribution in [3.8, 4) is 0 Å². The third-order valence-electron chi connectivity index (χ3n) is 1.59. The van der Waals surface area contributed by atoms with E-state index in [9.17, 15) is 9.59 Å². The van der Waals surface area contributed by atoms with E-state index in [-0.39, 0.29) is 12.5 Å². The Labute approximate surface area is 93.8 Å². The normalized spacial score (nSPS) is 8.62. The molecule has 16 heavy (non-hydrogen) atoms. The highest BCUT2D eigenvalue weighted by Gasteiger charge is 1.99. The molecule has 0 aliphatic heterocycles. The molecule has 5 heteroatoms. The molecule has 0 aliphatic carbocycles. The van der Waals surface area contributed by atoms with Crippen LogP contribution in [0.25, 0.3) is 0 Å². The minimum absolute atomic E-state index is 0.198. The Balaban J connectivity index is 0.000000385. The number of nitrogens with two attached hydrogens (primary N) is 1. The van der Waals surface area contributed by atoms with Crippen molar-refractivity contribution in [2.75, 3.05) is 13.7 Å². The molecule has 0 atom stereocenters. The summed E-state index contributed by atoms with van der Waals surface area (Å²) in [6.07, 6.45) is 0.358. The zero-order valence-corrected chi connectivity index (χ0v) is 9.05. The zero-order chi connectivity index (χ0) is 12.4. The number of benzene rings is 1. The lowest BCUT2D eigenvalue weighted by Gasteiger charge is -1.97. The number of aliphatic carboxylic acids is 1. The van der Waals surface area contributed by atoms with Gasteiger partial charge in [0.25, 0.3) is 0 Å². The zero-order valence-electron chi connectivity index (χ0n) is 9.05. The summed E-state index contributed by atoms with van der Waals surface area (Å²) in [4.78, 5) is 20.0. The number of rotatable bonds is 3.